The van der Waals surface area contributed by atoms with Crippen LogP contribution in [0.25, 0.3) is 17.2 Å². The fourth-order valence-electron chi connectivity index (χ4n) is 4.37. The molecule has 0 amide bonds. The van der Waals surface area contributed by atoms with Crippen molar-refractivity contribution in [1.29, 1.82) is 0 Å². The van der Waals surface area contributed by atoms with Crippen LogP contribution in [0.2, 0.25) is 0 Å². The van der Waals surface area contributed by atoms with Crippen LogP contribution < -0.4 is 4.74 Å². The van der Waals surface area contributed by atoms with E-state index in [1.807, 2.05) is 54.6 Å². The van der Waals surface area contributed by atoms with E-state index >= 15 is 0 Å². The molecule has 5 rings (SSSR count). The molecule has 4 aromatic rings. The van der Waals surface area contributed by atoms with Crippen LogP contribution >= 0.6 is 15.9 Å². The summed E-state index contributed by atoms with van der Waals surface area (Å²) in [6.07, 6.45) is -2.42. The predicted molar refractivity (Wildman–Crippen MR) is 141 cm³/mol. The van der Waals surface area contributed by atoms with Gasteiger partial charge in [-0.05, 0) is 70.3 Å². The summed E-state index contributed by atoms with van der Waals surface area (Å²) in [4.78, 5) is 4.73. The Morgan fingerprint density at radius 3 is 1.95 bits per heavy atom. The van der Waals surface area contributed by atoms with Crippen molar-refractivity contribution in [3.8, 4) is 16.9 Å². The highest BCUT2D eigenvalue weighted by atomic mass is 79.9. The maximum absolute atomic E-state index is 14.7. The van der Waals surface area contributed by atoms with Crippen molar-refractivity contribution >= 4 is 27.7 Å². The van der Waals surface area contributed by atoms with Gasteiger partial charge in [0, 0.05) is 10.9 Å². The molecule has 1 heterocycles. The molecule has 0 unspecified atom stereocenters. The number of aliphatic imine (C=N–C) groups is 1. The molecule has 2 nitrogen and oxygen atoms in total. The molecule has 0 N–H and O–H groups in total. The summed E-state index contributed by atoms with van der Waals surface area (Å²) < 4.78 is 71.6. The first-order valence-corrected chi connectivity index (χ1v) is 12.4. The molecular formula is C30H19BrF5NO. The van der Waals surface area contributed by atoms with Crippen LogP contribution in [0, 0.1) is 11.6 Å². The van der Waals surface area contributed by atoms with E-state index in [2.05, 4.69) is 20.7 Å². The van der Waals surface area contributed by atoms with Gasteiger partial charge in [-0.25, -0.2) is 8.78 Å². The zero-order valence-corrected chi connectivity index (χ0v) is 21.2. The first kappa shape index (κ1) is 25.9. The Kier molecular flexibility index (Phi) is 7.17. The number of hydrogen-bond acceptors (Lipinski definition) is 2. The van der Waals surface area contributed by atoms with Crippen molar-refractivity contribution in [2.24, 2.45) is 4.99 Å². The first-order chi connectivity index (χ1) is 18.2. The van der Waals surface area contributed by atoms with Crippen LogP contribution in [-0.2, 0) is 0 Å². The van der Waals surface area contributed by atoms with E-state index in [4.69, 9.17) is 4.99 Å². The zero-order chi connectivity index (χ0) is 26.9. The van der Waals surface area contributed by atoms with E-state index in [0.717, 1.165) is 21.2 Å². The maximum Gasteiger partial charge on any atom is 0.573 e. The molecule has 0 aliphatic carbocycles. The second-order valence-corrected chi connectivity index (χ2v) is 9.63. The predicted octanol–water partition coefficient (Wildman–Crippen LogP) is 9.31. The van der Waals surface area contributed by atoms with Gasteiger partial charge in [0.1, 0.15) is 17.4 Å². The smallest absolute Gasteiger partial charge is 0.406 e. The number of halogens is 6. The normalized spacial score (nSPS) is 16.5. The third-order valence-corrected chi connectivity index (χ3v) is 6.66. The lowest BCUT2D eigenvalue weighted by Gasteiger charge is -2.11. The van der Waals surface area contributed by atoms with Crippen molar-refractivity contribution in [3.63, 3.8) is 0 Å². The lowest BCUT2D eigenvalue weighted by Crippen LogP contribution is -2.16. The largest absolute Gasteiger partial charge is 0.573 e. The number of rotatable bonds is 5. The summed E-state index contributed by atoms with van der Waals surface area (Å²) in [6.45, 7) is 0. The van der Waals surface area contributed by atoms with Crippen LogP contribution in [-0.4, -0.2) is 12.1 Å². The van der Waals surface area contributed by atoms with Crippen molar-refractivity contribution < 1.29 is 26.7 Å². The minimum Gasteiger partial charge on any atom is -0.406 e. The van der Waals surface area contributed by atoms with E-state index in [0.29, 0.717) is 17.6 Å². The van der Waals surface area contributed by atoms with Gasteiger partial charge >= 0.3 is 6.36 Å². The molecule has 1 atom stereocenters. The van der Waals surface area contributed by atoms with Crippen LogP contribution in [0.5, 0.6) is 5.75 Å². The highest BCUT2D eigenvalue weighted by Gasteiger charge is 2.31. The Balaban J connectivity index is 1.45. The van der Waals surface area contributed by atoms with Gasteiger partial charge in [-0.2, -0.15) is 0 Å². The first-order valence-electron chi connectivity index (χ1n) is 11.6. The standard InChI is InChI=1S/C30H19BrF5NO/c31-23-12-4-18(5-13-23)16-22-17-27(37-29(22)28-25(32)2-1-3-26(28)33)21-8-6-19(7-9-21)20-10-14-24(15-11-20)38-30(34,35)36/h1-16,27H,17H2/b22-16-/t27-/m1/s1. The number of benzene rings is 4. The van der Waals surface area contributed by atoms with Gasteiger partial charge in [0.25, 0.3) is 0 Å². The van der Waals surface area contributed by atoms with E-state index in [1.165, 1.54) is 30.3 Å². The molecule has 4 aromatic carbocycles. The molecule has 1 aliphatic rings. The van der Waals surface area contributed by atoms with Gasteiger partial charge in [0.05, 0.1) is 17.3 Å². The molecule has 0 radical (unpaired) electrons. The maximum atomic E-state index is 14.7. The van der Waals surface area contributed by atoms with Gasteiger partial charge in [0.15, 0.2) is 0 Å². The fraction of sp³-hybridized carbons (Fsp3) is 0.100. The lowest BCUT2D eigenvalue weighted by molar-refractivity contribution is -0.274. The van der Waals surface area contributed by atoms with Crippen LogP contribution in [0.15, 0.2) is 106 Å². The molecule has 38 heavy (non-hydrogen) atoms. The minimum atomic E-state index is -4.75. The fourth-order valence-corrected chi connectivity index (χ4v) is 4.63. The van der Waals surface area contributed by atoms with Crippen LogP contribution in [0.4, 0.5) is 22.0 Å². The Labute approximate surface area is 224 Å². The number of alkyl halides is 3. The molecule has 1 aliphatic heterocycles. The van der Waals surface area contributed by atoms with Crippen molar-refractivity contribution in [3.05, 3.63) is 129 Å². The molecule has 8 heteroatoms. The summed E-state index contributed by atoms with van der Waals surface area (Å²) >= 11 is 3.41. The molecule has 0 bridgehead atoms. The van der Waals surface area contributed by atoms with Crippen LogP contribution in [0.3, 0.4) is 0 Å². The highest BCUT2D eigenvalue weighted by molar-refractivity contribution is 9.10. The van der Waals surface area contributed by atoms with Crippen molar-refractivity contribution in [1.82, 2.24) is 0 Å². The molecule has 192 valence electrons. The van der Waals surface area contributed by atoms with Crippen molar-refractivity contribution in [2.45, 2.75) is 18.8 Å². The Morgan fingerprint density at radius 1 is 0.789 bits per heavy atom. The van der Waals surface area contributed by atoms with Crippen molar-refractivity contribution in [2.75, 3.05) is 0 Å². The van der Waals surface area contributed by atoms with Crippen LogP contribution in [0.1, 0.15) is 29.2 Å². The molecule has 0 aromatic heterocycles. The van der Waals surface area contributed by atoms with Gasteiger partial charge in [-0.15, -0.1) is 13.2 Å². The number of ether oxygens (including phenoxy) is 1. The average molecular weight is 584 g/mol. The number of nitrogens with zero attached hydrogens (tertiary/aromatic N) is 1. The molecule has 0 saturated carbocycles. The zero-order valence-electron chi connectivity index (χ0n) is 19.6. The summed E-state index contributed by atoms with van der Waals surface area (Å²) in [5.74, 6) is -1.66. The minimum absolute atomic E-state index is 0.156. The second kappa shape index (κ2) is 10.5. The lowest BCUT2D eigenvalue weighted by atomic mass is 9.95. The summed E-state index contributed by atoms with van der Waals surface area (Å²) in [6, 6.07) is 24.0. The summed E-state index contributed by atoms with van der Waals surface area (Å²) in [5.41, 5.74) is 4.06. The Morgan fingerprint density at radius 2 is 1.37 bits per heavy atom. The SMILES string of the molecule is Fc1cccc(F)c1C1=N[C@@H](c2ccc(-c3ccc(OC(F)(F)F)cc3)cc2)C/C1=C/c1ccc(Br)cc1. The number of hydrogen-bond donors (Lipinski definition) is 0. The average Bonchev–Trinajstić information content (AvgIpc) is 3.28. The second-order valence-electron chi connectivity index (χ2n) is 8.71. The molecule has 0 spiro atoms. The van der Waals surface area contributed by atoms with E-state index in [9.17, 15) is 22.0 Å². The molecule has 0 saturated heterocycles. The quantitative estimate of drug-likeness (QED) is 0.214. The molecular weight excluding hydrogens is 565 g/mol. The topological polar surface area (TPSA) is 21.6 Å². The highest BCUT2D eigenvalue weighted by Crippen LogP contribution is 2.38. The van der Waals surface area contributed by atoms with Gasteiger partial charge in [-0.3, -0.25) is 4.99 Å². The van der Waals surface area contributed by atoms with Gasteiger partial charge < -0.3 is 4.74 Å². The van der Waals surface area contributed by atoms with Gasteiger partial charge in [-0.1, -0.05) is 70.5 Å². The van der Waals surface area contributed by atoms with E-state index in [-0.39, 0.29) is 23.1 Å². The third-order valence-electron chi connectivity index (χ3n) is 6.13. The monoisotopic (exact) mass is 583 g/mol. The molecule has 0 fully saturated rings. The summed E-state index contributed by atoms with van der Waals surface area (Å²) in [7, 11) is 0. The van der Waals surface area contributed by atoms with Gasteiger partial charge in [0.2, 0.25) is 0 Å². The summed E-state index contributed by atoms with van der Waals surface area (Å²) in [5, 5.41) is 0. The van der Waals surface area contributed by atoms with E-state index < -0.39 is 18.0 Å². The third kappa shape index (κ3) is 5.86. The Hall–Kier alpha value is -3.78. The van der Waals surface area contributed by atoms with E-state index in [1.54, 1.807) is 12.1 Å². The Bertz CT molecular complexity index is 1490.